The smallest absolute Gasteiger partial charge is 0.227 e. The average molecular weight is 412 g/mol. The molecule has 4 rings (SSSR count). The molecule has 7 nitrogen and oxygen atoms in total. The van der Waals surface area contributed by atoms with Gasteiger partial charge in [-0.15, -0.1) is 5.10 Å². The summed E-state index contributed by atoms with van der Waals surface area (Å²) in [5, 5.41) is 11.3. The van der Waals surface area contributed by atoms with Gasteiger partial charge in [-0.25, -0.2) is 4.68 Å². The van der Waals surface area contributed by atoms with Crippen molar-refractivity contribution in [3.05, 3.63) is 36.2 Å². The van der Waals surface area contributed by atoms with Crippen LogP contribution in [-0.2, 0) is 16.0 Å². The third kappa shape index (κ3) is 4.00. The van der Waals surface area contributed by atoms with Gasteiger partial charge in [-0.2, -0.15) is 0 Å². The van der Waals surface area contributed by atoms with E-state index in [-0.39, 0.29) is 11.3 Å². The molecule has 7 heteroatoms. The molecule has 1 amide bonds. The van der Waals surface area contributed by atoms with E-state index in [1.54, 1.807) is 11.0 Å². The molecule has 2 aliphatic rings. The van der Waals surface area contributed by atoms with Crippen molar-refractivity contribution < 1.29 is 9.53 Å². The highest BCUT2D eigenvalue weighted by Gasteiger charge is 2.58. The molecule has 30 heavy (non-hydrogen) atoms. The molecule has 0 radical (unpaired) electrons. The SMILES string of the molecule is CCCN(C(=O)Cc1ccc(-n2cnnn2)cc1)[C@H]1C[C@@H](OCC)C12CCCCC2. The van der Waals surface area contributed by atoms with Crippen molar-refractivity contribution in [2.24, 2.45) is 5.41 Å². The third-order valence-electron chi connectivity index (χ3n) is 6.96. The number of carbonyl (C=O) groups is 1. The molecular weight excluding hydrogens is 378 g/mol. The first kappa shape index (κ1) is 21.0. The number of hydrogen-bond donors (Lipinski definition) is 0. The van der Waals surface area contributed by atoms with Gasteiger partial charge >= 0.3 is 0 Å². The maximum atomic E-state index is 13.4. The lowest BCUT2D eigenvalue weighted by molar-refractivity contribution is -0.188. The van der Waals surface area contributed by atoms with Crippen molar-refractivity contribution in [2.45, 2.75) is 77.4 Å². The number of carbonyl (C=O) groups excluding carboxylic acids is 1. The van der Waals surface area contributed by atoms with Crippen molar-refractivity contribution in [3.63, 3.8) is 0 Å². The second kappa shape index (κ2) is 9.25. The second-order valence-corrected chi connectivity index (χ2v) is 8.67. The van der Waals surface area contributed by atoms with Gasteiger partial charge < -0.3 is 9.64 Å². The van der Waals surface area contributed by atoms with Gasteiger partial charge in [0.15, 0.2) is 0 Å². The molecule has 2 aliphatic carbocycles. The highest BCUT2D eigenvalue weighted by atomic mass is 16.5. The van der Waals surface area contributed by atoms with Crippen molar-refractivity contribution in [1.82, 2.24) is 25.1 Å². The second-order valence-electron chi connectivity index (χ2n) is 8.67. The summed E-state index contributed by atoms with van der Waals surface area (Å²) in [6.07, 6.45) is 10.5. The van der Waals surface area contributed by atoms with Gasteiger partial charge in [0.1, 0.15) is 6.33 Å². The minimum Gasteiger partial charge on any atom is -0.378 e. The Morgan fingerprint density at radius 3 is 2.60 bits per heavy atom. The summed E-state index contributed by atoms with van der Waals surface area (Å²) in [6.45, 7) is 5.83. The summed E-state index contributed by atoms with van der Waals surface area (Å²) in [7, 11) is 0. The van der Waals surface area contributed by atoms with Gasteiger partial charge in [-0.3, -0.25) is 4.79 Å². The monoisotopic (exact) mass is 411 g/mol. The number of rotatable bonds is 8. The fourth-order valence-corrected chi connectivity index (χ4v) is 5.48. The summed E-state index contributed by atoms with van der Waals surface area (Å²) in [5.41, 5.74) is 2.08. The first-order valence-electron chi connectivity index (χ1n) is 11.4. The van der Waals surface area contributed by atoms with E-state index in [1.807, 2.05) is 24.3 Å². The predicted molar refractivity (Wildman–Crippen MR) is 114 cm³/mol. The van der Waals surface area contributed by atoms with Crippen LogP contribution >= 0.6 is 0 Å². The third-order valence-corrected chi connectivity index (χ3v) is 6.96. The molecule has 0 saturated heterocycles. The zero-order chi connectivity index (χ0) is 21.0. The molecule has 2 atom stereocenters. The summed E-state index contributed by atoms with van der Waals surface area (Å²) in [4.78, 5) is 15.6. The molecule has 0 bridgehead atoms. The van der Waals surface area contributed by atoms with Crippen LogP contribution in [-0.4, -0.2) is 56.3 Å². The van der Waals surface area contributed by atoms with E-state index in [9.17, 15) is 4.79 Å². The molecule has 2 fully saturated rings. The molecule has 1 aromatic carbocycles. The summed E-state index contributed by atoms with van der Waals surface area (Å²) >= 11 is 0. The number of nitrogens with zero attached hydrogens (tertiary/aromatic N) is 5. The highest BCUT2D eigenvalue weighted by Crippen LogP contribution is 2.55. The molecule has 2 saturated carbocycles. The molecule has 0 aliphatic heterocycles. The maximum absolute atomic E-state index is 13.4. The number of tetrazole rings is 1. The van der Waals surface area contributed by atoms with Gasteiger partial charge in [-0.1, -0.05) is 38.3 Å². The van der Waals surface area contributed by atoms with E-state index in [1.165, 1.54) is 32.1 Å². The molecule has 1 aromatic heterocycles. The standard InChI is InChI=1S/C23H33N5O2/c1-3-14-27(20-16-21(30-4-2)23(20)12-6-5-7-13-23)22(29)15-18-8-10-19(11-9-18)28-17-24-25-26-28/h8-11,17,20-21H,3-7,12-16H2,1-2H3/t20-,21+/m0/s1. The van der Waals surface area contributed by atoms with E-state index < -0.39 is 0 Å². The Morgan fingerprint density at radius 1 is 1.20 bits per heavy atom. The number of hydrogen-bond acceptors (Lipinski definition) is 5. The Hall–Kier alpha value is -2.28. The Kier molecular flexibility index (Phi) is 6.46. The lowest BCUT2D eigenvalue weighted by Gasteiger charge is -2.60. The number of aromatic nitrogens is 4. The lowest BCUT2D eigenvalue weighted by Crippen LogP contribution is -2.66. The van der Waals surface area contributed by atoms with Gasteiger partial charge in [-0.05, 0) is 60.7 Å². The van der Waals surface area contributed by atoms with Gasteiger partial charge in [0.25, 0.3) is 0 Å². The summed E-state index contributed by atoms with van der Waals surface area (Å²) < 4.78 is 7.73. The lowest BCUT2D eigenvalue weighted by atomic mass is 9.54. The fourth-order valence-electron chi connectivity index (χ4n) is 5.48. The van der Waals surface area contributed by atoms with Crippen LogP contribution in [0, 0.1) is 5.41 Å². The van der Waals surface area contributed by atoms with Crippen LogP contribution in [0.25, 0.3) is 5.69 Å². The van der Waals surface area contributed by atoms with E-state index in [2.05, 4.69) is 34.3 Å². The number of ether oxygens (including phenoxy) is 1. The van der Waals surface area contributed by atoms with Crippen LogP contribution in [0.5, 0.6) is 0 Å². The van der Waals surface area contributed by atoms with Gasteiger partial charge in [0.2, 0.25) is 5.91 Å². The molecular formula is C23H33N5O2. The van der Waals surface area contributed by atoms with Crippen molar-refractivity contribution >= 4 is 5.91 Å². The molecule has 1 heterocycles. The number of benzene rings is 1. The molecule has 2 aromatic rings. The summed E-state index contributed by atoms with van der Waals surface area (Å²) in [5.74, 6) is 0.233. The molecule has 1 spiro atoms. The zero-order valence-electron chi connectivity index (χ0n) is 18.2. The first-order valence-corrected chi connectivity index (χ1v) is 11.4. The van der Waals surface area contributed by atoms with Crippen LogP contribution in [0.15, 0.2) is 30.6 Å². The van der Waals surface area contributed by atoms with Crippen LogP contribution in [0.4, 0.5) is 0 Å². The first-order chi connectivity index (χ1) is 14.7. The Bertz CT molecular complexity index is 815. The average Bonchev–Trinajstić information content (AvgIpc) is 3.31. The zero-order valence-corrected chi connectivity index (χ0v) is 18.2. The largest absolute Gasteiger partial charge is 0.378 e. The van der Waals surface area contributed by atoms with Crippen molar-refractivity contribution in [2.75, 3.05) is 13.2 Å². The Labute approximate surface area is 178 Å². The van der Waals surface area contributed by atoms with Gasteiger partial charge in [0.05, 0.1) is 18.2 Å². The molecule has 0 N–H and O–H groups in total. The topological polar surface area (TPSA) is 73.1 Å². The van der Waals surface area contributed by atoms with Crippen LogP contribution in [0.3, 0.4) is 0 Å². The van der Waals surface area contributed by atoms with Crippen molar-refractivity contribution in [3.8, 4) is 5.69 Å². The molecule has 0 unspecified atom stereocenters. The molecule has 162 valence electrons. The Morgan fingerprint density at radius 2 is 1.97 bits per heavy atom. The predicted octanol–water partition coefficient (Wildman–Crippen LogP) is 3.57. The van der Waals surface area contributed by atoms with Crippen molar-refractivity contribution in [1.29, 1.82) is 0 Å². The maximum Gasteiger partial charge on any atom is 0.227 e. The van der Waals surface area contributed by atoms with Crippen LogP contribution in [0.1, 0.15) is 64.4 Å². The van der Waals surface area contributed by atoms with Crippen LogP contribution < -0.4 is 0 Å². The van der Waals surface area contributed by atoms with Gasteiger partial charge in [0, 0.05) is 24.6 Å². The minimum atomic E-state index is 0.170. The minimum absolute atomic E-state index is 0.170. The van der Waals surface area contributed by atoms with E-state index in [4.69, 9.17) is 4.74 Å². The normalized spacial score (nSPS) is 22.6. The van der Waals surface area contributed by atoms with E-state index in [0.29, 0.717) is 18.6 Å². The van der Waals surface area contributed by atoms with Crippen LogP contribution in [0.2, 0.25) is 0 Å². The highest BCUT2D eigenvalue weighted by molar-refractivity contribution is 5.79. The van der Waals surface area contributed by atoms with E-state index in [0.717, 1.165) is 37.2 Å². The van der Waals surface area contributed by atoms with E-state index >= 15 is 0 Å². The fraction of sp³-hybridized carbons (Fsp3) is 0.652. The quantitative estimate of drug-likeness (QED) is 0.664. The summed E-state index contributed by atoms with van der Waals surface area (Å²) in [6, 6.07) is 8.24. The Balaban J connectivity index is 1.47. The number of amides is 1.